The Morgan fingerprint density at radius 1 is 1.27 bits per heavy atom. The third-order valence-corrected chi connectivity index (χ3v) is 5.12. The molecule has 2 aromatic rings. The van der Waals surface area contributed by atoms with Crippen molar-refractivity contribution < 1.29 is 4.79 Å². The number of nitrogens with zero attached hydrogens (tertiary/aromatic N) is 3. The van der Waals surface area contributed by atoms with Gasteiger partial charge in [0.1, 0.15) is 0 Å². The highest BCUT2D eigenvalue weighted by Gasteiger charge is 2.24. The van der Waals surface area contributed by atoms with Crippen molar-refractivity contribution in [2.45, 2.75) is 13.3 Å². The maximum atomic E-state index is 12.5. The molecule has 1 aromatic heterocycles. The topological polar surface area (TPSA) is 62.5 Å². The fourth-order valence-corrected chi connectivity index (χ4v) is 3.47. The number of piperazine rings is 1. The number of benzene rings is 1. The summed E-state index contributed by atoms with van der Waals surface area (Å²) in [7, 11) is 0. The van der Waals surface area contributed by atoms with E-state index < -0.39 is 0 Å². The van der Waals surface area contributed by atoms with Crippen LogP contribution >= 0.6 is 11.3 Å². The van der Waals surface area contributed by atoms with Gasteiger partial charge in [0.2, 0.25) is 0 Å². The van der Waals surface area contributed by atoms with Crippen LogP contribution in [0.25, 0.3) is 0 Å². The van der Waals surface area contributed by atoms with Gasteiger partial charge in [0.25, 0.3) is 5.91 Å². The van der Waals surface area contributed by atoms with Gasteiger partial charge in [-0.2, -0.15) is 0 Å². The second-order valence-electron chi connectivity index (χ2n) is 5.33. The lowest BCUT2D eigenvalue weighted by Gasteiger charge is -2.34. The number of hydrogen-bond acceptors (Lipinski definition) is 5. The van der Waals surface area contributed by atoms with Gasteiger partial charge in [0, 0.05) is 42.9 Å². The summed E-state index contributed by atoms with van der Waals surface area (Å²) in [5.74, 6) is 0.0196. The quantitative estimate of drug-likeness (QED) is 0.882. The lowest BCUT2D eigenvalue weighted by atomic mass is 10.1. The average molecular weight is 316 g/mol. The number of carbonyl (C=O) groups excluding carboxylic acids is 1. The van der Waals surface area contributed by atoms with E-state index in [-0.39, 0.29) is 5.91 Å². The van der Waals surface area contributed by atoms with Gasteiger partial charge in [0.05, 0.1) is 5.56 Å². The highest BCUT2D eigenvalue weighted by molar-refractivity contribution is 7.15. The lowest BCUT2D eigenvalue weighted by molar-refractivity contribution is 0.0748. The summed E-state index contributed by atoms with van der Waals surface area (Å²) in [5, 5.41) is 1.06. The zero-order chi connectivity index (χ0) is 15.5. The van der Waals surface area contributed by atoms with Gasteiger partial charge in [-0.3, -0.25) is 4.79 Å². The third kappa shape index (κ3) is 2.92. The van der Waals surface area contributed by atoms with E-state index in [0.717, 1.165) is 24.6 Å². The monoisotopic (exact) mass is 316 g/mol. The van der Waals surface area contributed by atoms with Gasteiger partial charge < -0.3 is 15.5 Å². The lowest BCUT2D eigenvalue weighted by Crippen LogP contribution is -2.48. The van der Waals surface area contributed by atoms with E-state index >= 15 is 0 Å². The van der Waals surface area contributed by atoms with Gasteiger partial charge >= 0.3 is 0 Å². The average Bonchev–Trinajstić information content (AvgIpc) is 3.04. The number of carbonyl (C=O) groups is 1. The fraction of sp³-hybridized carbons (Fsp3) is 0.375. The largest absolute Gasteiger partial charge is 0.398 e. The van der Waals surface area contributed by atoms with Crippen molar-refractivity contribution in [2.75, 3.05) is 36.8 Å². The molecule has 1 aliphatic rings. The van der Waals surface area contributed by atoms with E-state index in [1.165, 1.54) is 4.88 Å². The first kappa shape index (κ1) is 14.8. The molecule has 1 aliphatic heterocycles. The third-order valence-electron chi connectivity index (χ3n) is 3.92. The van der Waals surface area contributed by atoms with Gasteiger partial charge in [0.15, 0.2) is 5.13 Å². The smallest absolute Gasteiger partial charge is 0.256 e. The minimum atomic E-state index is 0.0196. The van der Waals surface area contributed by atoms with Crippen molar-refractivity contribution in [2.24, 2.45) is 0 Å². The number of amides is 1. The molecule has 116 valence electrons. The summed E-state index contributed by atoms with van der Waals surface area (Å²) in [6.07, 6.45) is 2.96. The SMILES string of the molecule is CCc1cnc(N2CCN(C(=O)c3ccccc3N)CC2)s1. The van der Waals surface area contributed by atoms with E-state index in [1.54, 1.807) is 23.5 Å². The summed E-state index contributed by atoms with van der Waals surface area (Å²) in [6, 6.07) is 7.25. The van der Waals surface area contributed by atoms with Gasteiger partial charge in [-0.15, -0.1) is 11.3 Å². The molecule has 5 nitrogen and oxygen atoms in total. The van der Waals surface area contributed by atoms with Crippen LogP contribution in [0.2, 0.25) is 0 Å². The highest BCUT2D eigenvalue weighted by Crippen LogP contribution is 2.24. The molecule has 0 saturated carbocycles. The minimum absolute atomic E-state index is 0.0196. The van der Waals surface area contributed by atoms with Crippen molar-refractivity contribution in [1.29, 1.82) is 0 Å². The van der Waals surface area contributed by atoms with Crippen LogP contribution in [0.15, 0.2) is 30.5 Å². The zero-order valence-electron chi connectivity index (χ0n) is 12.7. The number of nitrogen functional groups attached to an aromatic ring is 1. The van der Waals surface area contributed by atoms with Crippen LogP contribution in [0.5, 0.6) is 0 Å². The molecular weight excluding hydrogens is 296 g/mol. The van der Waals surface area contributed by atoms with Crippen molar-refractivity contribution in [1.82, 2.24) is 9.88 Å². The summed E-state index contributed by atoms with van der Waals surface area (Å²) in [4.78, 5) is 22.4. The number of nitrogens with two attached hydrogens (primary N) is 1. The summed E-state index contributed by atoms with van der Waals surface area (Å²) in [6.45, 7) is 5.17. The van der Waals surface area contributed by atoms with E-state index in [4.69, 9.17) is 5.73 Å². The number of hydrogen-bond donors (Lipinski definition) is 1. The van der Waals surface area contributed by atoms with Gasteiger partial charge in [-0.05, 0) is 18.6 Å². The Labute approximate surface area is 134 Å². The van der Waals surface area contributed by atoms with Crippen LogP contribution in [0.4, 0.5) is 10.8 Å². The minimum Gasteiger partial charge on any atom is -0.398 e. The Hall–Kier alpha value is -2.08. The summed E-state index contributed by atoms with van der Waals surface area (Å²) in [5.41, 5.74) is 7.04. The predicted octanol–water partition coefficient (Wildman–Crippen LogP) is 2.25. The van der Waals surface area contributed by atoms with Gasteiger partial charge in [-0.1, -0.05) is 19.1 Å². The first-order valence-electron chi connectivity index (χ1n) is 7.52. The van der Waals surface area contributed by atoms with Crippen LogP contribution in [0, 0.1) is 0 Å². The number of anilines is 2. The van der Waals surface area contributed by atoms with E-state index in [2.05, 4.69) is 16.8 Å². The maximum Gasteiger partial charge on any atom is 0.256 e. The molecule has 1 saturated heterocycles. The molecule has 0 atom stereocenters. The van der Waals surface area contributed by atoms with Gasteiger partial charge in [-0.25, -0.2) is 4.98 Å². The Bertz CT molecular complexity index is 662. The van der Waals surface area contributed by atoms with Crippen LogP contribution < -0.4 is 10.6 Å². The van der Waals surface area contributed by atoms with E-state index in [9.17, 15) is 4.79 Å². The zero-order valence-corrected chi connectivity index (χ0v) is 13.5. The molecule has 0 spiro atoms. The van der Waals surface area contributed by atoms with Crippen molar-refractivity contribution >= 4 is 28.1 Å². The normalized spacial score (nSPS) is 15.1. The Morgan fingerprint density at radius 3 is 2.64 bits per heavy atom. The number of aryl methyl sites for hydroxylation is 1. The predicted molar refractivity (Wildman–Crippen MR) is 90.5 cm³/mol. The number of aromatic nitrogens is 1. The molecule has 22 heavy (non-hydrogen) atoms. The number of rotatable bonds is 3. The van der Waals surface area contributed by atoms with E-state index in [1.807, 2.05) is 23.2 Å². The molecule has 0 radical (unpaired) electrons. The van der Waals surface area contributed by atoms with Crippen LogP contribution in [-0.2, 0) is 6.42 Å². The molecule has 1 fully saturated rings. The number of para-hydroxylation sites is 1. The highest BCUT2D eigenvalue weighted by atomic mass is 32.1. The molecule has 0 aliphatic carbocycles. The first-order chi connectivity index (χ1) is 10.7. The molecule has 3 rings (SSSR count). The van der Waals surface area contributed by atoms with Crippen LogP contribution in [0.1, 0.15) is 22.2 Å². The van der Waals surface area contributed by atoms with Crippen molar-refractivity contribution in [3.05, 3.63) is 40.9 Å². The Morgan fingerprint density at radius 2 is 2.00 bits per heavy atom. The van der Waals surface area contributed by atoms with Crippen LogP contribution in [-0.4, -0.2) is 42.0 Å². The van der Waals surface area contributed by atoms with Crippen molar-refractivity contribution in [3.63, 3.8) is 0 Å². The fourth-order valence-electron chi connectivity index (χ4n) is 2.57. The Balaban J connectivity index is 1.64. The van der Waals surface area contributed by atoms with Crippen LogP contribution in [0.3, 0.4) is 0 Å². The molecule has 1 amide bonds. The molecular formula is C16H20N4OS. The Kier molecular flexibility index (Phi) is 4.29. The maximum absolute atomic E-state index is 12.5. The first-order valence-corrected chi connectivity index (χ1v) is 8.34. The van der Waals surface area contributed by atoms with E-state index in [0.29, 0.717) is 24.3 Å². The summed E-state index contributed by atoms with van der Waals surface area (Å²) < 4.78 is 0. The number of thiazole rings is 1. The summed E-state index contributed by atoms with van der Waals surface area (Å²) >= 11 is 1.74. The molecule has 2 heterocycles. The molecule has 1 aromatic carbocycles. The standard InChI is InChI=1S/C16H20N4OS/c1-2-12-11-18-16(22-12)20-9-7-19(8-10-20)15(21)13-5-3-4-6-14(13)17/h3-6,11H,2,7-10,17H2,1H3. The molecule has 2 N–H and O–H groups in total. The van der Waals surface area contributed by atoms with Crippen molar-refractivity contribution in [3.8, 4) is 0 Å². The second kappa shape index (κ2) is 6.36. The second-order valence-corrected chi connectivity index (χ2v) is 6.42. The molecule has 0 bridgehead atoms. The molecule has 6 heteroatoms. The molecule has 0 unspecified atom stereocenters.